The van der Waals surface area contributed by atoms with Gasteiger partial charge in [-0.05, 0) is 31.2 Å². The monoisotopic (exact) mass is 516 g/mol. The average Bonchev–Trinajstić information content (AvgIpc) is 2.82. The summed E-state index contributed by atoms with van der Waals surface area (Å²) < 4.78 is 66.1. The fourth-order valence-electron chi connectivity index (χ4n) is 3.51. The largest absolute Gasteiger partial charge is 0.493 e. The number of carbonyl (C=O) groups is 1. The molecule has 2 heterocycles. The summed E-state index contributed by atoms with van der Waals surface area (Å²) in [4.78, 5) is 42.1. The topological polar surface area (TPSA) is 116 Å². The molecule has 0 radical (unpaired) electrons. The van der Waals surface area contributed by atoms with Gasteiger partial charge in [-0.2, -0.15) is 5.10 Å². The standard InChI is InChI=1S/C24H16F4N4O5/c1-11(32-23(34)20-21(37-24(32)35)18(36-2)3-4-29-20)22(33)31-30-19(12-5-14(25)9-15(26)6-12)13-7-16(27)10-17(28)8-13/h3-11H,1-2H3,(H,31,33)/t11-/m0/s1. The Labute approximate surface area is 204 Å². The van der Waals surface area contributed by atoms with Gasteiger partial charge in [0, 0.05) is 35.5 Å². The maximum absolute atomic E-state index is 13.9. The van der Waals surface area contributed by atoms with Crippen LogP contribution in [0, 0.1) is 23.3 Å². The van der Waals surface area contributed by atoms with E-state index in [1.807, 2.05) is 0 Å². The van der Waals surface area contributed by atoms with Crippen LogP contribution < -0.4 is 21.5 Å². The molecule has 2 aromatic carbocycles. The molecule has 0 saturated carbocycles. The maximum atomic E-state index is 13.9. The first-order chi connectivity index (χ1) is 17.6. The van der Waals surface area contributed by atoms with Gasteiger partial charge < -0.3 is 9.15 Å². The van der Waals surface area contributed by atoms with Crippen LogP contribution in [0.2, 0.25) is 0 Å². The van der Waals surface area contributed by atoms with Gasteiger partial charge in [0.05, 0.1) is 12.8 Å². The van der Waals surface area contributed by atoms with Crippen LogP contribution in [0.4, 0.5) is 17.6 Å². The second-order valence-corrected chi connectivity index (χ2v) is 7.66. The molecule has 9 nitrogen and oxygen atoms in total. The quantitative estimate of drug-likeness (QED) is 0.239. The number of hydrogen-bond donors (Lipinski definition) is 1. The van der Waals surface area contributed by atoms with Crippen molar-refractivity contribution < 1.29 is 31.5 Å². The van der Waals surface area contributed by atoms with Crippen molar-refractivity contribution in [3.05, 3.63) is 104 Å². The van der Waals surface area contributed by atoms with E-state index in [0.717, 1.165) is 24.3 Å². The minimum absolute atomic E-state index is 0.0716. The lowest BCUT2D eigenvalue weighted by Gasteiger charge is -2.14. The van der Waals surface area contributed by atoms with Crippen LogP contribution in [-0.4, -0.2) is 28.3 Å². The van der Waals surface area contributed by atoms with Crippen molar-refractivity contribution in [2.24, 2.45) is 5.10 Å². The molecule has 4 aromatic rings. The van der Waals surface area contributed by atoms with Gasteiger partial charge in [0.25, 0.3) is 11.5 Å². The highest BCUT2D eigenvalue weighted by Gasteiger charge is 2.24. The SMILES string of the molecule is COc1ccnc2c(=O)n([C@@H](C)C(=O)NN=C(c3cc(F)cc(F)c3)c3cc(F)cc(F)c3)c(=O)oc12. The fraction of sp³-hybridized carbons (Fsp3) is 0.125. The normalized spacial score (nSPS) is 11.7. The predicted molar refractivity (Wildman–Crippen MR) is 122 cm³/mol. The minimum Gasteiger partial charge on any atom is -0.493 e. The number of nitrogens with zero attached hydrogens (tertiary/aromatic N) is 3. The van der Waals surface area contributed by atoms with Gasteiger partial charge in [0.2, 0.25) is 5.58 Å². The van der Waals surface area contributed by atoms with Gasteiger partial charge in [0.1, 0.15) is 29.3 Å². The van der Waals surface area contributed by atoms with Crippen LogP contribution in [0.25, 0.3) is 11.1 Å². The van der Waals surface area contributed by atoms with E-state index in [0.29, 0.717) is 16.7 Å². The Morgan fingerprint density at radius 1 is 1.00 bits per heavy atom. The van der Waals surface area contributed by atoms with Crippen LogP contribution in [-0.2, 0) is 4.79 Å². The molecule has 0 unspecified atom stereocenters. The first-order valence-corrected chi connectivity index (χ1v) is 10.5. The Hall–Kier alpha value is -4.81. The molecular weight excluding hydrogens is 500 g/mol. The number of methoxy groups -OCH3 is 1. The van der Waals surface area contributed by atoms with Gasteiger partial charge in [-0.1, -0.05) is 0 Å². The highest BCUT2D eigenvalue weighted by Crippen LogP contribution is 2.20. The Kier molecular flexibility index (Phi) is 6.87. The zero-order valence-corrected chi connectivity index (χ0v) is 19.1. The summed E-state index contributed by atoms with van der Waals surface area (Å²) in [6.07, 6.45) is 1.24. The first kappa shape index (κ1) is 25.3. The number of hydrazone groups is 1. The van der Waals surface area contributed by atoms with Gasteiger partial charge in [-0.15, -0.1) is 0 Å². The van der Waals surface area contributed by atoms with Crippen LogP contribution in [0.15, 0.2) is 67.8 Å². The summed E-state index contributed by atoms with van der Waals surface area (Å²) in [7, 11) is 1.29. The van der Waals surface area contributed by atoms with E-state index < -0.39 is 52.2 Å². The van der Waals surface area contributed by atoms with E-state index in [9.17, 15) is 31.9 Å². The maximum Gasteiger partial charge on any atom is 0.423 e. The lowest BCUT2D eigenvalue weighted by molar-refractivity contribution is -0.124. The van der Waals surface area contributed by atoms with Crippen LogP contribution in [0.1, 0.15) is 24.1 Å². The summed E-state index contributed by atoms with van der Waals surface area (Å²) in [6, 6.07) is 4.34. The third kappa shape index (κ3) is 5.10. The average molecular weight is 516 g/mol. The number of amides is 1. The number of nitrogens with one attached hydrogen (secondary N) is 1. The summed E-state index contributed by atoms with van der Waals surface area (Å²) in [6.45, 7) is 1.18. The number of benzene rings is 2. The molecule has 0 aliphatic heterocycles. The van der Waals surface area contributed by atoms with Crippen molar-refractivity contribution in [2.75, 3.05) is 7.11 Å². The molecule has 0 bridgehead atoms. The van der Waals surface area contributed by atoms with E-state index in [1.165, 1.54) is 26.3 Å². The van der Waals surface area contributed by atoms with E-state index >= 15 is 0 Å². The van der Waals surface area contributed by atoms with Crippen molar-refractivity contribution in [3.63, 3.8) is 0 Å². The smallest absolute Gasteiger partial charge is 0.423 e. The number of fused-ring (bicyclic) bond motifs is 1. The molecule has 0 fully saturated rings. The summed E-state index contributed by atoms with van der Waals surface area (Å²) in [5.41, 5.74) is -0.320. The third-order valence-corrected chi connectivity index (χ3v) is 5.21. The number of ether oxygens (including phenoxy) is 1. The van der Waals surface area contributed by atoms with Gasteiger partial charge >= 0.3 is 5.76 Å². The fourth-order valence-corrected chi connectivity index (χ4v) is 3.51. The minimum atomic E-state index is -1.51. The molecular formula is C24H16F4N4O5. The lowest BCUT2D eigenvalue weighted by Crippen LogP contribution is -2.41. The van der Waals surface area contributed by atoms with E-state index in [1.54, 1.807) is 0 Å². The van der Waals surface area contributed by atoms with Crippen molar-refractivity contribution >= 4 is 22.7 Å². The highest BCUT2D eigenvalue weighted by atomic mass is 19.1. The zero-order valence-electron chi connectivity index (χ0n) is 19.1. The Morgan fingerprint density at radius 2 is 1.54 bits per heavy atom. The molecule has 0 aliphatic carbocycles. The Bertz CT molecular complexity index is 1590. The molecule has 1 amide bonds. The molecule has 190 valence electrons. The summed E-state index contributed by atoms with van der Waals surface area (Å²) in [5, 5.41) is 3.79. The van der Waals surface area contributed by atoms with Crippen LogP contribution in [0.3, 0.4) is 0 Å². The van der Waals surface area contributed by atoms with Crippen LogP contribution >= 0.6 is 0 Å². The molecule has 1 N–H and O–H groups in total. The van der Waals surface area contributed by atoms with Gasteiger partial charge in [-0.3, -0.25) is 9.59 Å². The Balaban J connectivity index is 1.76. The summed E-state index contributed by atoms with van der Waals surface area (Å²) >= 11 is 0. The number of hydrogen-bond acceptors (Lipinski definition) is 7. The number of pyridine rings is 1. The van der Waals surface area contributed by atoms with Gasteiger partial charge in [0.15, 0.2) is 11.3 Å². The molecule has 0 spiro atoms. The first-order valence-electron chi connectivity index (χ1n) is 10.5. The van der Waals surface area contributed by atoms with Crippen molar-refractivity contribution in [1.29, 1.82) is 0 Å². The molecule has 4 rings (SSSR count). The van der Waals surface area contributed by atoms with Crippen molar-refractivity contribution in [3.8, 4) is 5.75 Å². The van der Waals surface area contributed by atoms with E-state index in [2.05, 4.69) is 15.5 Å². The molecule has 2 aromatic heterocycles. The van der Waals surface area contributed by atoms with Crippen molar-refractivity contribution in [2.45, 2.75) is 13.0 Å². The number of carbonyl (C=O) groups excluding carboxylic acids is 1. The molecule has 0 aliphatic rings. The lowest BCUT2D eigenvalue weighted by atomic mass is 10.0. The van der Waals surface area contributed by atoms with E-state index in [4.69, 9.17) is 9.15 Å². The molecule has 1 atom stereocenters. The van der Waals surface area contributed by atoms with Gasteiger partial charge in [-0.25, -0.2) is 37.3 Å². The van der Waals surface area contributed by atoms with E-state index in [-0.39, 0.29) is 28.0 Å². The van der Waals surface area contributed by atoms with Crippen LogP contribution in [0.5, 0.6) is 5.75 Å². The molecule has 13 heteroatoms. The third-order valence-electron chi connectivity index (χ3n) is 5.21. The Morgan fingerprint density at radius 3 is 2.05 bits per heavy atom. The van der Waals surface area contributed by atoms with Crippen molar-refractivity contribution in [1.82, 2.24) is 15.0 Å². The second-order valence-electron chi connectivity index (χ2n) is 7.66. The summed E-state index contributed by atoms with van der Waals surface area (Å²) in [5.74, 6) is -6.21. The molecule has 0 saturated heterocycles. The highest BCUT2D eigenvalue weighted by molar-refractivity contribution is 6.13. The number of aromatic nitrogens is 2. The molecule has 37 heavy (non-hydrogen) atoms. The number of rotatable bonds is 6. The predicted octanol–water partition coefficient (Wildman–Crippen LogP) is 3.04. The zero-order chi connectivity index (χ0) is 26.9. The second kappa shape index (κ2) is 10.0. The number of halogens is 4.